The van der Waals surface area contributed by atoms with E-state index in [4.69, 9.17) is 4.74 Å². The van der Waals surface area contributed by atoms with Crippen molar-refractivity contribution in [1.82, 2.24) is 9.80 Å². The predicted molar refractivity (Wildman–Crippen MR) is 88.5 cm³/mol. The second kappa shape index (κ2) is 7.16. The first-order valence-electron chi connectivity index (χ1n) is 7.76. The number of carbonyl (C=O) groups is 1. The zero-order chi connectivity index (χ0) is 16.2. The van der Waals surface area contributed by atoms with E-state index in [0.717, 1.165) is 25.1 Å². The summed E-state index contributed by atoms with van der Waals surface area (Å²) in [5, 5.41) is 9.18. The summed E-state index contributed by atoms with van der Waals surface area (Å²) in [4.78, 5) is 16.1. The minimum absolute atomic E-state index is 0.0697. The van der Waals surface area contributed by atoms with Crippen LogP contribution in [-0.2, 0) is 11.3 Å². The lowest BCUT2D eigenvalue weighted by Gasteiger charge is -2.35. The lowest BCUT2D eigenvalue weighted by Crippen LogP contribution is -2.49. The first-order valence-corrected chi connectivity index (χ1v) is 7.76. The van der Waals surface area contributed by atoms with Crippen LogP contribution in [0.2, 0.25) is 0 Å². The SMILES string of the molecule is CC(C)(C)OC(=O)N1CCN(Cc2cccc(BO)c2)CC1. The van der Waals surface area contributed by atoms with E-state index in [0.29, 0.717) is 13.1 Å². The molecule has 0 spiro atoms. The number of ether oxygens (including phenoxy) is 1. The molecule has 6 heteroatoms. The normalized spacial score (nSPS) is 16.5. The summed E-state index contributed by atoms with van der Waals surface area (Å²) >= 11 is 0. The average Bonchev–Trinajstić information content (AvgIpc) is 2.46. The van der Waals surface area contributed by atoms with Gasteiger partial charge in [-0.2, -0.15) is 0 Å². The van der Waals surface area contributed by atoms with E-state index < -0.39 is 5.60 Å². The Labute approximate surface area is 133 Å². The number of carbonyl (C=O) groups excluding carboxylic acids is 1. The number of hydrogen-bond acceptors (Lipinski definition) is 4. The Hall–Kier alpha value is -1.53. The van der Waals surface area contributed by atoms with Gasteiger partial charge in [0.2, 0.25) is 0 Å². The van der Waals surface area contributed by atoms with E-state index >= 15 is 0 Å². The summed E-state index contributed by atoms with van der Waals surface area (Å²) in [7, 11) is 0.0697. The molecule has 1 N–H and O–H groups in total. The Morgan fingerprint density at radius 2 is 1.95 bits per heavy atom. The fourth-order valence-corrected chi connectivity index (χ4v) is 2.50. The molecule has 1 aromatic carbocycles. The molecule has 0 unspecified atom stereocenters. The van der Waals surface area contributed by atoms with Crippen molar-refractivity contribution < 1.29 is 14.6 Å². The molecule has 0 radical (unpaired) electrons. The van der Waals surface area contributed by atoms with Gasteiger partial charge in [0.1, 0.15) is 5.60 Å². The van der Waals surface area contributed by atoms with Crippen molar-refractivity contribution in [3.63, 3.8) is 0 Å². The highest BCUT2D eigenvalue weighted by Gasteiger charge is 2.25. The molecule has 120 valence electrons. The number of piperazine rings is 1. The molecule has 1 aromatic rings. The molecule has 0 bridgehead atoms. The van der Waals surface area contributed by atoms with E-state index in [9.17, 15) is 9.82 Å². The van der Waals surface area contributed by atoms with Crippen molar-refractivity contribution in [2.75, 3.05) is 26.2 Å². The molecule has 0 atom stereocenters. The number of hydrogen-bond donors (Lipinski definition) is 1. The van der Waals surface area contributed by atoms with Crippen molar-refractivity contribution in [3.8, 4) is 0 Å². The van der Waals surface area contributed by atoms with Gasteiger partial charge in [0, 0.05) is 32.7 Å². The molecule has 1 fully saturated rings. The van der Waals surface area contributed by atoms with Gasteiger partial charge in [-0.15, -0.1) is 0 Å². The fraction of sp³-hybridized carbons (Fsp3) is 0.562. The molecule has 1 aliphatic heterocycles. The summed E-state index contributed by atoms with van der Waals surface area (Å²) in [6.45, 7) is 9.55. The Kier molecular flexibility index (Phi) is 5.48. The first-order chi connectivity index (χ1) is 10.4. The maximum absolute atomic E-state index is 12.0. The number of amides is 1. The summed E-state index contributed by atoms with van der Waals surface area (Å²) in [5.41, 5.74) is 1.68. The van der Waals surface area contributed by atoms with Crippen LogP contribution in [0.1, 0.15) is 26.3 Å². The molecule has 22 heavy (non-hydrogen) atoms. The lowest BCUT2D eigenvalue weighted by atomic mass is 9.87. The van der Waals surface area contributed by atoms with Crippen LogP contribution in [0.5, 0.6) is 0 Å². The molecule has 0 aromatic heterocycles. The minimum Gasteiger partial charge on any atom is -0.449 e. The molecule has 0 saturated carbocycles. The van der Waals surface area contributed by atoms with Gasteiger partial charge in [-0.3, -0.25) is 4.90 Å². The third-order valence-corrected chi connectivity index (χ3v) is 3.60. The number of nitrogens with zero attached hydrogens (tertiary/aromatic N) is 2. The third-order valence-electron chi connectivity index (χ3n) is 3.60. The Bertz CT molecular complexity index is 508. The maximum Gasteiger partial charge on any atom is 0.410 e. The fourth-order valence-electron chi connectivity index (χ4n) is 2.50. The summed E-state index contributed by atoms with van der Waals surface area (Å²) in [6.07, 6.45) is -0.227. The monoisotopic (exact) mass is 304 g/mol. The maximum atomic E-state index is 12.0. The lowest BCUT2D eigenvalue weighted by molar-refractivity contribution is 0.0139. The molecule has 5 nitrogen and oxygen atoms in total. The molecule has 1 amide bonds. The van der Waals surface area contributed by atoms with Crippen LogP contribution in [0.15, 0.2) is 24.3 Å². The smallest absolute Gasteiger partial charge is 0.410 e. The topological polar surface area (TPSA) is 53.0 Å². The van der Waals surface area contributed by atoms with Crippen LogP contribution in [0.3, 0.4) is 0 Å². The van der Waals surface area contributed by atoms with E-state index in [1.807, 2.05) is 39.0 Å². The zero-order valence-corrected chi connectivity index (χ0v) is 13.7. The van der Waals surface area contributed by atoms with Crippen LogP contribution in [0.4, 0.5) is 4.79 Å². The van der Waals surface area contributed by atoms with Crippen LogP contribution in [0.25, 0.3) is 0 Å². The van der Waals surface area contributed by atoms with Crippen LogP contribution in [-0.4, -0.2) is 60.2 Å². The van der Waals surface area contributed by atoms with Crippen molar-refractivity contribution in [3.05, 3.63) is 29.8 Å². The zero-order valence-electron chi connectivity index (χ0n) is 13.7. The second-order valence-corrected chi connectivity index (χ2v) is 6.72. The Morgan fingerprint density at radius 3 is 2.55 bits per heavy atom. The molecule has 2 rings (SSSR count). The van der Waals surface area contributed by atoms with E-state index in [1.54, 1.807) is 4.90 Å². The van der Waals surface area contributed by atoms with Gasteiger partial charge in [0.05, 0.1) is 0 Å². The van der Waals surface area contributed by atoms with Crippen LogP contribution < -0.4 is 5.46 Å². The first kappa shape index (κ1) is 16.8. The van der Waals surface area contributed by atoms with Crippen molar-refractivity contribution in [1.29, 1.82) is 0 Å². The van der Waals surface area contributed by atoms with E-state index in [2.05, 4.69) is 11.0 Å². The van der Waals surface area contributed by atoms with Gasteiger partial charge in [-0.05, 0) is 26.3 Å². The van der Waals surface area contributed by atoms with Gasteiger partial charge < -0.3 is 14.7 Å². The van der Waals surface area contributed by atoms with Crippen molar-refractivity contribution in [2.24, 2.45) is 0 Å². The number of rotatable bonds is 3. The van der Waals surface area contributed by atoms with Gasteiger partial charge in [-0.25, -0.2) is 4.79 Å². The Morgan fingerprint density at radius 1 is 1.27 bits per heavy atom. The summed E-state index contributed by atoms with van der Waals surface area (Å²) < 4.78 is 5.40. The summed E-state index contributed by atoms with van der Waals surface area (Å²) in [5.74, 6) is 0. The molecule has 1 saturated heterocycles. The van der Waals surface area contributed by atoms with Crippen molar-refractivity contribution in [2.45, 2.75) is 32.9 Å². The van der Waals surface area contributed by atoms with Crippen molar-refractivity contribution >= 4 is 19.0 Å². The van der Waals surface area contributed by atoms with E-state index in [-0.39, 0.29) is 13.6 Å². The van der Waals surface area contributed by atoms with Gasteiger partial charge in [0.15, 0.2) is 0 Å². The van der Waals surface area contributed by atoms with Gasteiger partial charge >= 0.3 is 13.6 Å². The second-order valence-electron chi connectivity index (χ2n) is 6.72. The highest BCUT2D eigenvalue weighted by molar-refractivity contribution is 6.45. The van der Waals surface area contributed by atoms with Crippen LogP contribution in [0, 0.1) is 0 Å². The standard InChI is InChI=1S/C16H25BN2O3/c1-16(2,3)22-15(20)19-9-7-18(8-10-19)12-13-5-4-6-14(11-13)17-21/h4-6,11,17,21H,7-10,12H2,1-3H3. The molecular formula is C16H25BN2O3. The van der Waals surface area contributed by atoms with Gasteiger partial charge in [0.25, 0.3) is 0 Å². The third kappa shape index (κ3) is 5.03. The Balaban J connectivity index is 1.83. The molecule has 0 aliphatic carbocycles. The largest absolute Gasteiger partial charge is 0.449 e. The average molecular weight is 304 g/mol. The number of benzene rings is 1. The summed E-state index contributed by atoms with van der Waals surface area (Å²) in [6, 6.07) is 7.99. The molecular weight excluding hydrogens is 279 g/mol. The molecule has 1 heterocycles. The quantitative estimate of drug-likeness (QED) is 0.836. The minimum atomic E-state index is -0.445. The van der Waals surface area contributed by atoms with E-state index in [1.165, 1.54) is 5.56 Å². The predicted octanol–water partition coefficient (Wildman–Crippen LogP) is 0.708. The highest BCUT2D eigenvalue weighted by Crippen LogP contribution is 2.13. The van der Waals surface area contributed by atoms with Crippen LogP contribution >= 0.6 is 0 Å². The molecule has 1 aliphatic rings. The highest BCUT2D eigenvalue weighted by atomic mass is 16.6. The van der Waals surface area contributed by atoms with Gasteiger partial charge in [-0.1, -0.05) is 29.7 Å².